The molecule has 106 valence electrons. The molecule has 2 heteroatoms. The van der Waals surface area contributed by atoms with Crippen molar-refractivity contribution in [2.24, 2.45) is 0 Å². The van der Waals surface area contributed by atoms with Crippen LogP contribution in [0, 0.1) is 13.8 Å². The van der Waals surface area contributed by atoms with Crippen molar-refractivity contribution in [3.63, 3.8) is 0 Å². The zero-order valence-electron chi connectivity index (χ0n) is 12.8. The van der Waals surface area contributed by atoms with E-state index < -0.39 is 0 Å². The molecule has 19 heavy (non-hydrogen) atoms. The molecular formula is C17H27NS. The molecule has 0 bridgehead atoms. The summed E-state index contributed by atoms with van der Waals surface area (Å²) in [6.07, 6.45) is 3.88. The van der Waals surface area contributed by atoms with Crippen LogP contribution in [0.2, 0.25) is 0 Å². The molecule has 1 heterocycles. The molecule has 1 N–H and O–H groups in total. The maximum atomic E-state index is 3.81. The van der Waals surface area contributed by atoms with Crippen molar-refractivity contribution in [2.45, 2.75) is 57.7 Å². The summed E-state index contributed by atoms with van der Waals surface area (Å²) >= 11 is 2.15. The van der Waals surface area contributed by atoms with E-state index in [1.807, 2.05) is 0 Å². The van der Waals surface area contributed by atoms with E-state index in [2.05, 4.69) is 63.0 Å². The minimum atomic E-state index is 0.356. The third-order valence-corrected chi connectivity index (χ3v) is 5.79. The van der Waals surface area contributed by atoms with E-state index in [0.29, 0.717) is 10.8 Å². The highest BCUT2D eigenvalue weighted by Crippen LogP contribution is 2.47. The van der Waals surface area contributed by atoms with Gasteiger partial charge in [0.25, 0.3) is 0 Å². The Balaban J connectivity index is 2.31. The second-order valence-electron chi connectivity index (χ2n) is 6.01. The molecule has 1 aromatic rings. The minimum absolute atomic E-state index is 0.356. The van der Waals surface area contributed by atoms with E-state index in [0.717, 1.165) is 6.54 Å². The van der Waals surface area contributed by atoms with Gasteiger partial charge in [-0.25, -0.2) is 0 Å². The first-order valence-corrected chi connectivity index (χ1v) is 8.50. The zero-order chi connectivity index (χ0) is 13.9. The summed E-state index contributed by atoms with van der Waals surface area (Å²) in [4.78, 5) is 0. The molecule has 0 amide bonds. The van der Waals surface area contributed by atoms with Gasteiger partial charge in [-0.15, -0.1) is 0 Å². The topological polar surface area (TPSA) is 12.0 Å². The molecule has 0 radical (unpaired) electrons. The molecule has 0 aromatic heterocycles. The predicted octanol–water partition coefficient (Wildman–Crippen LogP) is 4.63. The third kappa shape index (κ3) is 3.35. The van der Waals surface area contributed by atoms with Gasteiger partial charge in [0.15, 0.2) is 0 Å². The Labute approximate surface area is 122 Å². The SMILES string of the molecule is CCCNC(c1ccc(C)cc1C)C1(C)CCCS1. The lowest BCUT2D eigenvalue weighted by Gasteiger charge is -2.35. The maximum absolute atomic E-state index is 3.81. The highest BCUT2D eigenvalue weighted by molar-refractivity contribution is 8.00. The van der Waals surface area contributed by atoms with Gasteiger partial charge < -0.3 is 5.32 Å². The van der Waals surface area contributed by atoms with Crippen LogP contribution < -0.4 is 5.32 Å². The molecule has 1 aliphatic heterocycles. The summed E-state index contributed by atoms with van der Waals surface area (Å²) in [5.74, 6) is 1.31. The summed E-state index contributed by atoms with van der Waals surface area (Å²) < 4.78 is 0.356. The Morgan fingerprint density at radius 3 is 2.74 bits per heavy atom. The summed E-state index contributed by atoms with van der Waals surface area (Å²) in [7, 11) is 0. The van der Waals surface area contributed by atoms with Crippen molar-refractivity contribution >= 4 is 11.8 Å². The van der Waals surface area contributed by atoms with Gasteiger partial charge >= 0.3 is 0 Å². The van der Waals surface area contributed by atoms with E-state index in [4.69, 9.17) is 0 Å². The van der Waals surface area contributed by atoms with Crippen LogP contribution in [0.15, 0.2) is 18.2 Å². The van der Waals surface area contributed by atoms with E-state index in [1.165, 1.54) is 41.7 Å². The highest BCUT2D eigenvalue weighted by Gasteiger charge is 2.38. The first-order valence-electron chi connectivity index (χ1n) is 7.51. The number of benzene rings is 1. The average molecular weight is 277 g/mol. The molecule has 1 aromatic carbocycles. The fourth-order valence-corrected chi connectivity index (χ4v) is 4.54. The Hall–Kier alpha value is -0.470. The Bertz CT molecular complexity index is 421. The molecular weight excluding hydrogens is 250 g/mol. The van der Waals surface area contributed by atoms with Gasteiger partial charge in [-0.1, -0.05) is 30.7 Å². The van der Waals surface area contributed by atoms with Crippen LogP contribution in [-0.4, -0.2) is 17.0 Å². The number of rotatable bonds is 5. The number of nitrogens with one attached hydrogen (secondary N) is 1. The summed E-state index contributed by atoms with van der Waals surface area (Å²) in [6, 6.07) is 7.40. The van der Waals surface area contributed by atoms with Crippen LogP contribution in [-0.2, 0) is 0 Å². The summed E-state index contributed by atoms with van der Waals surface area (Å²) in [6.45, 7) is 10.2. The smallest absolute Gasteiger partial charge is 0.0469 e. The normalized spacial score (nSPS) is 24.6. The first kappa shape index (κ1) is 14.9. The molecule has 0 spiro atoms. The lowest BCUT2D eigenvalue weighted by atomic mass is 9.87. The van der Waals surface area contributed by atoms with E-state index in [1.54, 1.807) is 0 Å². The predicted molar refractivity (Wildman–Crippen MR) is 87.0 cm³/mol. The fourth-order valence-electron chi connectivity index (χ4n) is 3.12. The molecule has 2 unspecified atom stereocenters. The molecule has 1 fully saturated rings. The van der Waals surface area contributed by atoms with Gasteiger partial charge in [0.05, 0.1) is 0 Å². The molecule has 2 rings (SSSR count). The number of thioether (sulfide) groups is 1. The van der Waals surface area contributed by atoms with Crippen LogP contribution in [0.1, 0.15) is 55.8 Å². The molecule has 1 aliphatic rings. The number of hydrogen-bond donors (Lipinski definition) is 1. The quantitative estimate of drug-likeness (QED) is 0.842. The lowest BCUT2D eigenvalue weighted by Crippen LogP contribution is -2.38. The molecule has 0 aliphatic carbocycles. The van der Waals surface area contributed by atoms with Gasteiger partial charge in [0, 0.05) is 10.8 Å². The van der Waals surface area contributed by atoms with Crippen molar-refractivity contribution in [1.82, 2.24) is 5.32 Å². The van der Waals surface area contributed by atoms with E-state index >= 15 is 0 Å². The third-order valence-electron chi connectivity index (χ3n) is 4.19. The van der Waals surface area contributed by atoms with Crippen LogP contribution in [0.4, 0.5) is 0 Å². The Morgan fingerprint density at radius 1 is 1.37 bits per heavy atom. The van der Waals surface area contributed by atoms with Crippen molar-refractivity contribution in [2.75, 3.05) is 12.3 Å². The molecule has 0 saturated carbocycles. The van der Waals surface area contributed by atoms with Crippen LogP contribution in [0.25, 0.3) is 0 Å². The van der Waals surface area contributed by atoms with E-state index in [-0.39, 0.29) is 0 Å². The van der Waals surface area contributed by atoms with Crippen LogP contribution in [0.5, 0.6) is 0 Å². The lowest BCUT2D eigenvalue weighted by molar-refractivity contribution is 0.412. The van der Waals surface area contributed by atoms with Crippen molar-refractivity contribution < 1.29 is 0 Å². The van der Waals surface area contributed by atoms with Gasteiger partial charge in [-0.05, 0) is 63.5 Å². The summed E-state index contributed by atoms with van der Waals surface area (Å²) in [5, 5.41) is 3.81. The number of hydrogen-bond acceptors (Lipinski definition) is 2. The van der Waals surface area contributed by atoms with Gasteiger partial charge in [0.2, 0.25) is 0 Å². The zero-order valence-corrected chi connectivity index (χ0v) is 13.6. The van der Waals surface area contributed by atoms with Gasteiger partial charge in [-0.3, -0.25) is 0 Å². The first-order chi connectivity index (χ1) is 9.07. The van der Waals surface area contributed by atoms with Crippen molar-refractivity contribution in [3.05, 3.63) is 34.9 Å². The monoisotopic (exact) mass is 277 g/mol. The Morgan fingerprint density at radius 2 is 2.16 bits per heavy atom. The fraction of sp³-hybridized carbons (Fsp3) is 0.647. The van der Waals surface area contributed by atoms with Gasteiger partial charge in [0.1, 0.15) is 0 Å². The second kappa shape index (κ2) is 6.32. The standard InChI is InChI=1S/C17H27NS/c1-5-10-18-16(17(4)9-6-11-19-17)15-8-7-13(2)12-14(15)3/h7-8,12,16,18H,5-6,9-11H2,1-4H3. The average Bonchev–Trinajstić information content (AvgIpc) is 2.80. The molecule has 1 nitrogen and oxygen atoms in total. The van der Waals surface area contributed by atoms with Crippen molar-refractivity contribution in [1.29, 1.82) is 0 Å². The van der Waals surface area contributed by atoms with E-state index in [9.17, 15) is 0 Å². The minimum Gasteiger partial charge on any atom is -0.309 e. The Kier molecular flexibility index (Phi) is 4.97. The second-order valence-corrected chi connectivity index (χ2v) is 7.64. The summed E-state index contributed by atoms with van der Waals surface area (Å²) in [5.41, 5.74) is 4.29. The number of aryl methyl sites for hydroxylation is 2. The maximum Gasteiger partial charge on any atom is 0.0469 e. The van der Waals surface area contributed by atoms with Crippen LogP contribution >= 0.6 is 11.8 Å². The van der Waals surface area contributed by atoms with Crippen LogP contribution in [0.3, 0.4) is 0 Å². The van der Waals surface area contributed by atoms with Crippen molar-refractivity contribution in [3.8, 4) is 0 Å². The highest BCUT2D eigenvalue weighted by atomic mass is 32.2. The largest absolute Gasteiger partial charge is 0.309 e. The molecule has 1 saturated heterocycles. The molecule has 2 atom stereocenters. The van der Waals surface area contributed by atoms with Gasteiger partial charge in [-0.2, -0.15) is 11.8 Å².